The van der Waals surface area contributed by atoms with Gasteiger partial charge in [-0.3, -0.25) is 4.79 Å². The molecule has 2 rings (SSSR count). The SMILES string of the molecule is COC(=O)C1CC(Oc2ncc(OC)cn2)CN1. The largest absolute Gasteiger partial charge is 0.494 e. The van der Waals surface area contributed by atoms with Crippen molar-refractivity contribution in [1.82, 2.24) is 15.3 Å². The first-order valence-corrected chi connectivity index (χ1v) is 5.57. The van der Waals surface area contributed by atoms with Crippen LogP contribution in [0.1, 0.15) is 6.42 Å². The number of nitrogens with one attached hydrogen (secondary N) is 1. The van der Waals surface area contributed by atoms with Crippen molar-refractivity contribution in [3.05, 3.63) is 12.4 Å². The van der Waals surface area contributed by atoms with Gasteiger partial charge in [-0.05, 0) is 0 Å². The Balaban J connectivity index is 1.89. The summed E-state index contributed by atoms with van der Waals surface area (Å²) in [5.41, 5.74) is 0. The maximum atomic E-state index is 11.3. The van der Waals surface area contributed by atoms with Gasteiger partial charge < -0.3 is 19.5 Å². The molecule has 0 aromatic carbocycles. The summed E-state index contributed by atoms with van der Waals surface area (Å²) in [5.74, 6) is 0.288. The van der Waals surface area contributed by atoms with Crippen LogP contribution >= 0.6 is 0 Å². The number of hydrogen-bond acceptors (Lipinski definition) is 7. The van der Waals surface area contributed by atoms with Crippen LogP contribution < -0.4 is 14.8 Å². The molecular formula is C11H15N3O4. The Kier molecular flexibility index (Phi) is 3.93. The summed E-state index contributed by atoms with van der Waals surface area (Å²) in [5, 5.41) is 3.02. The van der Waals surface area contributed by atoms with Crippen molar-refractivity contribution in [2.75, 3.05) is 20.8 Å². The van der Waals surface area contributed by atoms with Crippen LogP contribution in [0, 0.1) is 0 Å². The number of carbonyl (C=O) groups is 1. The van der Waals surface area contributed by atoms with E-state index in [2.05, 4.69) is 20.0 Å². The molecule has 2 heterocycles. The topological polar surface area (TPSA) is 82.6 Å². The third-order valence-electron chi connectivity index (χ3n) is 2.69. The third kappa shape index (κ3) is 2.86. The summed E-state index contributed by atoms with van der Waals surface area (Å²) in [6.45, 7) is 0.565. The van der Waals surface area contributed by atoms with Crippen molar-refractivity contribution in [2.45, 2.75) is 18.6 Å². The van der Waals surface area contributed by atoms with E-state index >= 15 is 0 Å². The Hall–Kier alpha value is -1.89. The highest BCUT2D eigenvalue weighted by Gasteiger charge is 2.31. The molecule has 7 heteroatoms. The quantitative estimate of drug-likeness (QED) is 0.742. The molecule has 98 valence electrons. The number of hydrogen-bond donors (Lipinski definition) is 1. The first-order chi connectivity index (χ1) is 8.72. The summed E-state index contributed by atoms with van der Waals surface area (Å²) in [6, 6.07) is -0.0497. The minimum absolute atomic E-state index is 0.137. The fourth-order valence-electron chi connectivity index (χ4n) is 1.73. The van der Waals surface area contributed by atoms with Gasteiger partial charge in [0.2, 0.25) is 0 Å². The monoisotopic (exact) mass is 253 g/mol. The molecule has 0 aliphatic carbocycles. The molecule has 18 heavy (non-hydrogen) atoms. The number of carbonyl (C=O) groups excluding carboxylic acids is 1. The van der Waals surface area contributed by atoms with Crippen molar-refractivity contribution in [3.8, 4) is 11.8 Å². The molecule has 1 saturated heterocycles. The predicted octanol–water partition coefficient (Wildman–Crippen LogP) is -0.233. The van der Waals surface area contributed by atoms with Gasteiger partial charge in [0.15, 0.2) is 5.75 Å². The molecule has 1 aliphatic rings. The second-order valence-corrected chi connectivity index (χ2v) is 3.87. The summed E-state index contributed by atoms with van der Waals surface area (Å²) in [4.78, 5) is 19.3. The Bertz CT molecular complexity index is 409. The van der Waals surface area contributed by atoms with E-state index in [1.807, 2.05) is 0 Å². The minimum Gasteiger partial charge on any atom is -0.494 e. The van der Waals surface area contributed by atoms with E-state index < -0.39 is 0 Å². The zero-order valence-electron chi connectivity index (χ0n) is 10.3. The number of nitrogens with zero attached hydrogens (tertiary/aromatic N) is 2. The maximum Gasteiger partial charge on any atom is 0.323 e. The van der Waals surface area contributed by atoms with Gasteiger partial charge in [-0.15, -0.1) is 0 Å². The number of rotatable bonds is 4. The molecule has 2 atom stereocenters. The van der Waals surface area contributed by atoms with Gasteiger partial charge in [-0.25, -0.2) is 0 Å². The van der Waals surface area contributed by atoms with Crippen LogP contribution in [0.5, 0.6) is 11.8 Å². The third-order valence-corrected chi connectivity index (χ3v) is 2.69. The Labute approximate surface area is 104 Å². The first kappa shape index (κ1) is 12.6. The molecule has 2 unspecified atom stereocenters. The van der Waals surface area contributed by atoms with Crippen LogP contribution in [0.4, 0.5) is 0 Å². The van der Waals surface area contributed by atoms with Crippen LogP contribution in [-0.4, -0.2) is 48.8 Å². The lowest BCUT2D eigenvalue weighted by molar-refractivity contribution is -0.142. The normalized spacial score (nSPS) is 22.6. The molecule has 1 aromatic heterocycles. The molecule has 1 aliphatic heterocycles. The van der Waals surface area contributed by atoms with E-state index in [1.54, 1.807) is 7.11 Å². The lowest BCUT2D eigenvalue weighted by Gasteiger charge is -2.10. The molecule has 0 bridgehead atoms. The summed E-state index contributed by atoms with van der Waals surface area (Å²) < 4.78 is 15.2. The average Bonchev–Trinajstić information content (AvgIpc) is 2.87. The molecule has 1 fully saturated rings. The molecule has 0 spiro atoms. The van der Waals surface area contributed by atoms with Crippen molar-refractivity contribution < 1.29 is 19.0 Å². The fraction of sp³-hybridized carbons (Fsp3) is 0.545. The highest BCUT2D eigenvalue weighted by molar-refractivity contribution is 5.76. The van der Waals surface area contributed by atoms with Crippen molar-refractivity contribution in [3.63, 3.8) is 0 Å². The molecule has 0 radical (unpaired) electrons. The molecule has 0 saturated carbocycles. The highest BCUT2D eigenvalue weighted by Crippen LogP contribution is 2.15. The Morgan fingerprint density at radius 2 is 2.11 bits per heavy atom. The maximum absolute atomic E-state index is 11.3. The average molecular weight is 253 g/mol. The zero-order chi connectivity index (χ0) is 13.0. The van der Waals surface area contributed by atoms with E-state index in [1.165, 1.54) is 19.5 Å². The van der Waals surface area contributed by atoms with E-state index in [0.717, 1.165) is 0 Å². The number of esters is 1. The second kappa shape index (κ2) is 5.63. The van der Waals surface area contributed by atoms with E-state index in [4.69, 9.17) is 9.47 Å². The second-order valence-electron chi connectivity index (χ2n) is 3.87. The molecular weight excluding hydrogens is 238 g/mol. The van der Waals surface area contributed by atoms with E-state index in [9.17, 15) is 4.79 Å². The van der Waals surface area contributed by atoms with Crippen LogP contribution in [0.3, 0.4) is 0 Å². The van der Waals surface area contributed by atoms with Crippen LogP contribution in [0.25, 0.3) is 0 Å². The lowest BCUT2D eigenvalue weighted by atomic mass is 10.2. The van der Waals surface area contributed by atoms with Crippen LogP contribution in [0.15, 0.2) is 12.4 Å². The van der Waals surface area contributed by atoms with Gasteiger partial charge in [0.25, 0.3) is 0 Å². The van der Waals surface area contributed by atoms with E-state index in [0.29, 0.717) is 18.7 Å². The highest BCUT2D eigenvalue weighted by atomic mass is 16.5. The molecule has 1 N–H and O–H groups in total. The predicted molar refractivity (Wildman–Crippen MR) is 61.4 cm³/mol. The smallest absolute Gasteiger partial charge is 0.323 e. The van der Waals surface area contributed by atoms with Gasteiger partial charge in [-0.2, -0.15) is 9.97 Å². The molecule has 7 nitrogen and oxygen atoms in total. The minimum atomic E-state index is -0.321. The van der Waals surface area contributed by atoms with Crippen molar-refractivity contribution in [2.24, 2.45) is 0 Å². The summed E-state index contributed by atoms with van der Waals surface area (Å²) in [6.07, 6.45) is 3.47. The molecule has 1 aromatic rings. The van der Waals surface area contributed by atoms with Crippen molar-refractivity contribution >= 4 is 5.97 Å². The van der Waals surface area contributed by atoms with Gasteiger partial charge in [0.05, 0.1) is 26.6 Å². The standard InChI is InChI=1S/C11H15N3O4/c1-16-8-5-13-11(14-6-8)18-7-3-9(12-4-7)10(15)17-2/h5-7,9,12H,3-4H2,1-2H3. The van der Waals surface area contributed by atoms with E-state index in [-0.39, 0.29) is 24.1 Å². The fourth-order valence-corrected chi connectivity index (χ4v) is 1.73. The van der Waals surface area contributed by atoms with Crippen LogP contribution in [0.2, 0.25) is 0 Å². The number of methoxy groups -OCH3 is 2. The summed E-state index contributed by atoms with van der Waals surface area (Å²) >= 11 is 0. The lowest BCUT2D eigenvalue weighted by Crippen LogP contribution is -2.31. The summed E-state index contributed by atoms with van der Waals surface area (Å²) in [7, 11) is 2.91. The van der Waals surface area contributed by atoms with Gasteiger partial charge in [0.1, 0.15) is 12.1 Å². The number of aromatic nitrogens is 2. The Morgan fingerprint density at radius 3 is 2.72 bits per heavy atom. The number of ether oxygens (including phenoxy) is 3. The van der Waals surface area contributed by atoms with Gasteiger partial charge in [0, 0.05) is 13.0 Å². The zero-order valence-corrected chi connectivity index (χ0v) is 10.3. The van der Waals surface area contributed by atoms with Gasteiger partial charge >= 0.3 is 12.0 Å². The Morgan fingerprint density at radius 1 is 1.39 bits per heavy atom. The van der Waals surface area contributed by atoms with Gasteiger partial charge in [-0.1, -0.05) is 0 Å². The first-order valence-electron chi connectivity index (χ1n) is 5.57. The molecule has 0 amide bonds. The van der Waals surface area contributed by atoms with Crippen LogP contribution in [-0.2, 0) is 9.53 Å². The van der Waals surface area contributed by atoms with Crippen molar-refractivity contribution in [1.29, 1.82) is 0 Å².